The molecule has 0 atom stereocenters. The van der Waals surface area contributed by atoms with Gasteiger partial charge in [-0.15, -0.1) is 0 Å². The highest BCUT2D eigenvalue weighted by atomic mass is 35.5. The van der Waals surface area contributed by atoms with Crippen LogP contribution in [-0.2, 0) is 9.53 Å². The monoisotopic (exact) mass is 187 g/mol. The van der Waals surface area contributed by atoms with Crippen LogP contribution in [0.15, 0.2) is 23.4 Å². The predicted molar refractivity (Wildman–Crippen MR) is 46.7 cm³/mol. The second-order valence-electron chi connectivity index (χ2n) is 2.46. The number of carbonyl (C=O) groups excluding carboxylic acids is 1. The Morgan fingerprint density at radius 1 is 1.83 bits per heavy atom. The van der Waals surface area contributed by atoms with Crippen molar-refractivity contribution in [3.63, 3.8) is 0 Å². The summed E-state index contributed by atoms with van der Waals surface area (Å²) in [7, 11) is 0. The first-order chi connectivity index (χ1) is 5.70. The van der Waals surface area contributed by atoms with E-state index in [1.54, 1.807) is 0 Å². The fourth-order valence-corrected chi connectivity index (χ4v) is 0.911. The molecule has 0 saturated heterocycles. The van der Waals surface area contributed by atoms with Crippen LogP contribution in [0.4, 0.5) is 0 Å². The van der Waals surface area contributed by atoms with Crippen molar-refractivity contribution in [2.24, 2.45) is 0 Å². The van der Waals surface area contributed by atoms with Crippen molar-refractivity contribution in [2.75, 3.05) is 13.2 Å². The van der Waals surface area contributed by atoms with E-state index in [1.807, 2.05) is 0 Å². The highest BCUT2D eigenvalue weighted by Crippen LogP contribution is 2.09. The van der Waals surface area contributed by atoms with Crippen LogP contribution in [0.5, 0.6) is 0 Å². The van der Waals surface area contributed by atoms with Gasteiger partial charge in [0, 0.05) is 11.5 Å². The molecular formula is C8H10ClNO2. The van der Waals surface area contributed by atoms with E-state index in [1.165, 1.54) is 6.26 Å². The minimum Gasteiger partial charge on any atom is -0.500 e. The van der Waals surface area contributed by atoms with Gasteiger partial charge in [-0.25, -0.2) is 0 Å². The van der Waals surface area contributed by atoms with Crippen LogP contribution in [0, 0.1) is 0 Å². The molecule has 1 heterocycles. The zero-order valence-corrected chi connectivity index (χ0v) is 7.36. The average Bonchev–Trinajstić information content (AvgIpc) is 2.51. The topological polar surface area (TPSA) is 38.3 Å². The summed E-state index contributed by atoms with van der Waals surface area (Å²) in [4.78, 5) is 11.2. The molecular weight excluding hydrogens is 178 g/mol. The van der Waals surface area contributed by atoms with E-state index in [4.69, 9.17) is 16.3 Å². The van der Waals surface area contributed by atoms with Gasteiger partial charge in [0.1, 0.15) is 0 Å². The number of ether oxygens (including phenoxy) is 1. The largest absolute Gasteiger partial charge is 0.500 e. The fourth-order valence-electron chi connectivity index (χ4n) is 0.844. The van der Waals surface area contributed by atoms with Crippen LogP contribution < -0.4 is 5.32 Å². The van der Waals surface area contributed by atoms with Crippen molar-refractivity contribution in [2.45, 2.75) is 6.42 Å². The predicted octanol–water partition coefficient (Wildman–Crippen LogP) is 1.16. The van der Waals surface area contributed by atoms with Gasteiger partial charge < -0.3 is 10.1 Å². The highest BCUT2D eigenvalue weighted by molar-refractivity contribution is 6.29. The molecule has 1 aliphatic heterocycles. The summed E-state index contributed by atoms with van der Waals surface area (Å²) in [5, 5.41) is 3.02. The lowest BCUT2D eigenvalue weighted by Gasteiger charge is -2.01. The Morgan fingerprint density at radius 2 is 2.58 bits per heavy atom. The van der Waals surface area contributed by atoms with Gasteiger partial charge in [0.25, 0.3) is 5.91 Å². The van der Waals surface area contributed by atoms with Crippen molar-refractivity contribution >= 4 is 17.5 Å². The molecule has 1 rings (SSSR count). The minimum atomic E-state index is -0.130. The summed E-state index contributed by atoms with van der Waals surface area (Å²) < 4.78 is 4.91. The van der Waals surface area contributed by atoms with E-state index in [0.717, 1.165) is 0 Å². The van der Waals surface area contributed by atoms with Gasteiger partial charge in [0.05, 0.1) is 25.0 Å². The third kappa shape index (κ3) is 2.58. The summed E-state index contributed by atoms with van der Waals surface area (Å²) in [6.07, 6.45) is 2.15. The van der Waals surface area contributed by atoms with E-state index < -0.39 is 0 Å². The Bertz CT molecular complexity index is 235. The van der Waals surface area contributed by atoms with Crippen LogP contribution in [0.25, 0.3) is 0 Å². The SMILES string of the molecule is C=C(Cl)CNC(=O)C1=COCC1. The smallest absolute Gasteiger partial charge is 0.250 e. The fraction of sp³-hybridized carbons (Fsp3) is 0.375. The maximum Gasteiger partial charge on any atom is 0.250 e. The number of hydrogen-bond donors (Lipinski definition) is 1. The molecule has 0 bridgehead atoms. The summed E-state index contributed by atoms with van der Waals surface area (Å²) in [5.41, 5.74) is 0.660. The Labute approximate surface area is 76.0 Å². The molecule has 0 aliphatic carbocycles. The van der Waals surface area contributed by atoms with Crippen molar-refractivity contribution < 1.29 is 9.53 Å². The van der Waals surface area contributed by atoms with Gasteiger partial charge in [0.15, 0.2) is 0 Å². The van der Waals surface area contributed by atoms with Crippen molar-refractivity contribution in [3.8, 4) is 0 Å². The molecule has 0 aromatic heterocycles. The molecule has 0 saturated carbocycles. The molecule has 0 radical (unpaired) electrons. The van der Waals surface area contributed by atoms with Crippen LogP contribution in [0.2, 0.25) is 0 Å². The molecule has 1 N–H and O–H groups in total. The maximum absolute atomic E-state index is 11.2. The normalized spacial score (nSPS) is 14.9. The molecule has 4 heteroatoms. The third-order valence-corrected chi connectivity index (χ3v) is 1.58. The molecule has 3 nitrogen and oxygen atoms in total. The van der Waals surface area contributed by atoms with Crippen molar-refractivity contribution in [1.82, 2.24) is 5.32 Å². The van der Waals surface area contributed by atoms with Gasteiger partial charge >= 0.3 is 0 Å². The first-order valence-electron chi connectivity index (χ1n) is 3.62. The highest BCUT2D eigenvalue weighted by Gasteiger charge is 2.13. The molecule has 0 fully saturated rings. The molecule has 0 spiro atoms. The van der Waals surface area contributed by atoms with Crippen LogP contribution >= 0.6 is 11.6 Å². The summed E-state index contributed by atoms with van der Waals surface area (Å²) in [6, 6.07) is 0. The number of halogens is 1. The zero-order valence-electron chi connectivity index (χ0n) is 6.60. The summed E-state index contributed by atoms with van der Waals surface area (Å²) in [5.74, 6) is -0.130. The van der Waals surface area contributed by atoms with E-state index in [2.05, 4.69) is 11.9 Å². The van der Waals surface area contributed by atoms with Gasteiger partial charge in [-0.1, -0.05) is 18.2 Å². The molecule has 66 valence electrons. The molecule has 0 unspecified atom stereocenters. The first-order valence-corrected chi connectivity index (χ1v) is 4.00. The Hall–Kier alpha value is -0.960. The molecule has 0 aromatic rings. The average molecular weight is 188 g/mol. The van der Waals surface area contributed by atoms with Gasteiger partial charge in [-0.05, 0) is 0 Å². The summed E-state index contributed by atoms with van der Waals surface area (Å²) in [6.45, 7) is 4.34. The van der Waals surface area contributed by atoms with Crippen LogP contribution in [-0.4, -0.2) is 19.1 Å². The Morgan fingerprint density at radius 3 is 3.08 bits per heavy atom. The number of nitrogens with one attached hydrogen (secondary N) is 1. The third-order valence-electron chi connectivity index (χ3n) is 1.45. The number of carbonyl (C=O) groups is 1. The lowest BCUT2D eigenvalue weighted by molar-refractivity contribution is -0.117. The van der Waals surface area contributed by atoms with Crippen molar-refractivity contribution in [3.05, 3.63) is 23.4 Å². The standard InChI is InChI=1S/C8H10ClNO2/c1-6(9)4-10-8(11)7-2-3-12-5-7/h5H,1-4H2,(H,10,11). The maximum atomic E-state index is 11.2. The Balaban J connectivity index is 2.33. The number of hydrogen-bond acceptors (Lipinski definition) is 2. The van der Waals surface area contributed by atoms with Crippen molar-refractivity contribution in [1.29, 1.82) is 0 Å². The molecule has 12 heavy (non-hydrogen) atoms. The summed E-state index contributed by atoms with van der Waals surface area (Å²) >= 11 is 5.47. The van der Waals surface area contributed by atoms with Crippen LogP contribution in [0.1, 0.15) is 6.42 Å². The van der Waals surface area contributed by atoms with E-state index in [-0.39, 0.29) is 5.91 Å². The van der Waals surface area contributed by atoms with E-state index >= 15 is 0 Å². The molecule has 1 aliphatic rings. The van der Waals surface area contributed by atoms with E-state index in [9.17, 15) is 4.79 Å². The minimum absolute atomic E-state index is 0.130. The van der Waals surface area contributed by atoms with Gasteiger partial charge in [0.2, 0.25) is 0 Å². The molecule has 1 amide bonds. The second kappa shape index (κ2) is 4.16. The van der Waals surface area contributed by atoms with Gasteiger partial charge in [-0.2, -0.15) is 0 Å². The molecule has 0 aromatic carbocycles. The van der Waals surface area contributed by atoms with Gasteiger partial charge in [-0.3, -0.25) is 4.79 Å². The number of rotatable bonds is 3. The first kappa shape index (κ1) is 9.13. The lowest BCUT2D eigenvalue weighted by Crippen LogP contribution is -2.25. The quantitative estimate of drug-likeness (QED) is 0.720. The number of amides is 1. The zero-order chi connectivity index (χ0) is 8.97. The Kier molecular flexibility index (Phi) is 3.17. The van der Waals surface area contributed by atoms with Crippen LogP contribution in [0.3, 0.4) is 0 Å². The lowest BCUT2D eigenvalue weighted by atomic mass is 10.2. The second-order valence-corrected chi connectivity index (χ2v) is 3.00. The van der Waals surface area contributed by atoms with E-state index in [0.29, 0.717) is 30.2 Å².